The van der Waals surface area contributed by atoms with E-state index < -0.39 is 20.9 Å². The number of anilines is 1. The number of hydrogen-bond donors (Lipinski definition) is 0. The van der Waals surface area contributed by atoms with Crippen molar-refractivity contribution in [3.8, 4) is 5.75 Å². The predicted molar refractivity (Wildman–Crippen MR) is 116 cm³/mol. The highest BCUT2D eigenvalue weighted by Crippen LogP contribution is 2.29. The summed E-state index contributed by atoms with van der Waals surface area (Å²) in [7, 11) is -4.30. The van der Waals surface area contributed by atoms with Gasteiger partial charge in [0.1, 0.15) is 5.75 Å². The molecule has 160 valence electrons. The first-order chi connectivity index (χ1) is 14.7. The fraction of sp³-hybridized carbons (Fsp3) is 0.136. The summed E-state index contributed by atoms with van der Waals surface area (Å²) in [5.41, 5.74) is 0.501. The molecule has 0 aliphatic carbocycles. The van der Waals surface area contributed by atoms with Gasteiger partial charge in [0.15, 0.2) is 0 Å². The number of aryl methyl sites for hydroxylation is 1. The molecule has 8 nitrogen and oxygen atoms in total. The molecule has 0 aliphatic rings. The first-order valence-corrected chi connectivity index (χ1v) is 10.8. The van der Waals surface area contributed by atoms with Crippen LogP contribution in [-0.2, 0) is 10.0 Å². The fourth-order valence-corrected chi connectivity index (χ4v) is 4.31. The van der Waals surface area contributed by atoms with Crippen LogP contribution < -0.4 is 9.04 Å². The van der Waals surface area contributed by atoms with E-state index in [1.807, 2.05) is 13.8 Å². The number of sulfonamides is 1. The third-order valence-corrected chi connectivity index (χ3v) is 6.16. The van der Waals surface area contributed by atoms with Crippen molar-refractivity contribution in [1.29, 1.82) is 0 Å². The minimum absolute atomic E-state index is 0.0780. The lowest BCUT2D eigenvalue weighted by Gasteiger charge is -2.23. The fourth-order valence-electron chi connectivity index (χ4n) is 2.90. The van der Waals surface area contributed by atoms with Crippen molar-refractivity contribution < 1.29 is 22.9 Å². The van der Waals surface area contributed by atoms with Gasteiger partial charge in [0.25, 0.3) is 21.6 Å². The van der Waals surface area contributed by atoms with Crippen LogP contribution in [0.2, 0.25) is 0 Å². The van der Waals surface area contributed by atoms with Crippen LogP contribution in [0.5, 0.6) is 5.75 Å². The number of amides is 1. The second-order valence-electron chi connectivity index (χ2n) is 6.62. The Morgan fingerprint density at radius 3 is 2.26 bits per heavy atom. The summed E-state index contributed by atoms with van der Waals surface area (Å²) in [5, 5.41) is 11.1. The van der Waals surface area contributed by atoms with Crippen LogP contribution in [0.4, 0.5) is 11.4 Å². The maximum absolute atomic E-state index is 13.4. The number of rotatable bonds is 7. The Morgan fingerprint density at radius 2 is 1.68 bits per heavy atom. The van der Waals surface area contributed by atoms with E-state index in [2.05, 4.69) is 0 Å². The summed E-state index contributed by atoms with van der Waals surface area (Å²) in [6.45, 7) is 4.06. The summed E-state index contributed by atoms with van der Waals surface area (Å²) in [6.07, 6.45) is 0. The summed E-state index contributed by atoms with van der Waals surface area (Å²) < 4.78 is 32.9. The highest BCUT2D eigenvalue weighted by Gasteiger charge is 2.32. The molecule has 0 aliphatic heterocycles. The van der Waals surface area contributed by atoms with Gasteiger partial charge in [-0.15, -0.1) is 0 Å². The first-order valence-electron chi connectivity index (χ1n) is 9.37. The molecular weight excluding hydrogens is 420 g/mol. The summed E-state index contributed by atoms with van der Waals surface area (Å²) in [5.74, 6) is -0.393. The molecule has 0 aromatic heterocycles. The zero-order valence-corrected chi connectivity index (χ0v) is 17.7. The van der Waals surface area contributed by atoms with E-state index in [0.717, 1.165) is 11.6 Å². The van der Waals surface area contributed by atoms with Gasteiger partial charge < -0.3 is 4.74 Å². The molecule has 31 heavy (non-hydrogen) atoms. The number of nitrogens with zero attached hydrogens (tertiary/aromatic N) is 2. The topological polar surface area (TPSA) is 107 Å². The van der Waals surface area contributed by atoms with E-state index in [0.29, 0.717) is 16.7 Å². The zero-order chi connectivity index (χ0) is 22.6. The highest BCUT2D eigenvalue weighted by atomic mass is 32.2. The molecule has 0 heterocycles. The SMILES string of the molecule is CCOc1ccc(N(C(=O)c2cccc([N+](=O)[O-])c2)S(=O)(=O)c2ccc(C)cc2)cc1. The van der Waals surface area contributed by atoms with Gasteiger partial charge in [-0.25, -0.2) is 8.42 Å². The van der Waals surface area contributed by atoms with Crippen molar-refractivity contribution in [3.05, 3.63) is 94.0 Å². The maximum atomic E-state index is 13.4. The molecule has 0 radical (unpaired) electrons. The number of nitro benzene ring substituents is 1. The van der Waals surface area contributed by atoms with E-state index in [-0.39, 0.29) is 21.8 Å². The van der Waals surface area contributed by atoms with Gasteiger partial charge in [0.2, 0.25) is 0 Å². The Labute approximate surface area is 179 Å². The predicted octanol–water partition coefficient (Wildman–Crippen LogP) is 4.34. The summed E-state index contributed by atoms with van der Waals surface area (Å²) in [4.78, 5) is 23.7. The van der Waals surface area contributed by atoms with E-state index in [1.54, 1.807) is 24.3 Å². The van der Waals surface area contributed by atoms with Crippen LogP contribution in [0.1, 0.15) is 22.8 Å². The third-order valence-electron chi connectivity index (χ3n) is 4.43. The van der Waals surface area contributed by atoms with E-state index in [1.165, 1.54) is 42.5 Å². The van der Waals surface area contributed by atoms with Gasteiger partial charge in [0.05, 0.1) is 22.1 Å². The molecule has 0 fully saturated rings. The van der Waals surface area contributed by atoms with E-state index >= 15 is 0 Å². The van der Waals surface area contributed by atoms with Crippen molar-refractivity contribution in [2.45, 2.75) is 18.7 Å². The minimum atomic E-state index is -4.30. The van der Waals surface area contributed by atoms with Gasteiger partial charge >= 0.3 is 0 Å². The second kappa shape index (κ2) is 8.97. The Balaban J connectivity index is 2.14. The molecule has 0 spiro atoms. The number of hydrogen-bond acceptors (Lipinski definition) is 6. The normalized spacial score (nSPS) is 11.0. The molecule has 1 amide bonds. The van der Waals surface area contributed by atoms with E-state index in [4.69, 9.17) is 4.74 Å². The average molecular weight is 440 g/mol. The van der Waals surface area contributed by atoms with Gasteiger partial charge in [-0.05, 0) is 56.3 Å². The molecule has 0 atom stereocenters. The molecule has 0 saturated heterocycles. The molecule has 0 unspecified atom stereocenters. The van der Waals surface area contributed by atoms with Crippen molar-refractivity contribution in [3.63, 3.8) is 0 Å². The second-order valence-corrected chi connectivity index (χ2v) is 8.41. The lowest BCUT2D eigenvalue weighted by Crippen LogP contribution is -2.37. The van der Waals surface area contributed by atoms with Gasteiger partial charge in [-0.2, -0.15) is 4.31 Å². The summed E-state index contributed by atoms with van der Waals surface area (Å²) in [6, 6.07) is 17.0. The monoisotopic (exact) mass is 440 g/mol. The van der Waals surface area contributed by atoms with Crippen molar-refractivity contribution in [2.75, 3.05) is 10.9 Å². The van der Waals surface area contributed by atoms with Gasteiger partial charge in [-0.1, -0.05) is 23.8 Å². The van der Waals surface area contributed by atoms with Crippen LogP contribution in [0.15, 0.2) is 77.7 Å². The van der Waals surface area contributed by atoms with Crippen LogP contribution in [0.3, 0.4) is 0 Å². The first kappa shape index (κ1) is 22.0. The summed E-state index contributed by atoms with van der Waals surface area (Å²) >= 11 is 0. The van der Waals surface area contributed by atoms with E-state index in [9.17, 15) is 23.3 Å². The number of carbonyl (C=O) groups is 1. The number of benzene rings is 3. The maximum Gasteiger partial charge on any atom is 0.272 e. The lowest BCUT2D eigenvalue weighted by molar-refractivity contribution is -0.384. The Bertz CT molecular complexity index is 1210. The van der Waals surface area contributed by atoms with Crippen LogP contribution in [-0.4, -0.2) is 25.9 Å². The molecule has 3 aromatic rings. The standard InChI is InChI=1S/C22H20N2O6S/c1-3-30-20-11-9-18(10-12-20)23(31(28,29)21-13-7-16(2)8-14-21)22(25)17-5-4-6-19(15-17)24(26)27/h4-15H,3H2,1-2H3. The largest absolute Gasteiger partial charge is 0.494 e. The number of non-ortho nitro benzene ring substituents is 1. The quantitative estimate of drug-likeness (QED) is 0.400. The lowest BCUT2D eigenvalue weighted by atomic mass is 10.2. The zero-order valence-electron chi connectivity index (χ0n) is 16.9. The molecule has 3 aromatic carbocycles. The smallest absolute Gasteiger partial charge is 0.272 e. The molecular formula is C22H20N2O6S. The van der Waals surface area contributed by atoms with Crippen LogP contribution >= 0.6 is 0 Å². The van der Waals surface area contributed by atoms with Crippen molar-refractivity contribution in [2.24, 2.45) is 0 Å². The van der Waals surface area contributed by atoms with Crippen molar-refractivity contribution >= 4 is 27.3 Å². The van der Waals surface area contributed by atoms with Gasteiger partial charge in [0, 0.05) is 17.7 Å². The molecule has 0 saturated carbocycles. The Hall–Kier alpha value is -3.72. The Kier molecular flexibility index (Phi) is 6.36. The molecule has 0 bridgehead atoms. The Morgan fingerprint density at radius 1 is 1.03 bits per heavy atom. The van der Waals surface area contributed by atoms with Crippen molar-refractivity contribution in [1.82, 2.24) is 0 Å². The third kappa shape index (κ3) is 4.72. The number of carbonyl (C=O) groups excluding carboxylic acids is 1. The minimum Gasteiger partial charge on any atom is -0.494 e. The molecule has 3 rings (SSSR count). The van der Waals surface area contributed by atoms with Gasteiger partial charge in [-0.3, -0.25) is 14.9 Å². The van der Waals surface area contributed by atoms with Crippen LogP contribution in [0.25, 0.3) is 0 Å². The van der Waals surface area contributed by atoms with Crippen LogP contribution in [0, 0.1) is 17.0 Å². The molecule has 0 N–H and O–H groups in total. The average Bonchev–Trinajstić information content (AvgIpc) is 2.75. The molecule has 9 heteroatoms. The highest BCUT2D eigenvalue weighted by molar-refractivity contribution is 7.93. The number of ether oxygens (including phenoxy) is 1. The number of nitro groups is 1.